The van der Waals surface area contributed by atoms with Crippen LogP contribution in [0.3, 0.4) is 0 Å². The Morgan fingerprint density at radius 2 is 1.20 bits per heavy atom. The third-order valence-corrected chi connectivity index (χ3v) is 9.09. The molecule has 2 aliphatic carbocycles. The molecule has 2 aliphatic heterocycles. The number of ether oxygens (including phenoxy) is 2. The van der Waals surface area contributed by atoms with Crippen molar-refractivity contribution < 1.29 is 9.47 Å². The summed E-state index contributed by atoms with van der Waals surface area (Å²) >= 11 is 6.12. The minimum absolute atomic E-state index is 0.207. The van der Waals surface area contributed by atoms with Gasteiger partial charge in [0.2, 0.25) is 0 Å². The van der Waals surface area contributed by atoms with Crippen molar-refractivity contribution in [1.82, 2.24) is 0 Å². The monoisotopic (exact) mass is 490 g/mol. The summed E-state index contributed by atoms with van der Waals surface area (Å²) in [5.41, 5.74) is 4.67. The molecule has 0 aromatic heterocycles. The van der Waals surface area contributed by atoms with Crippen molar-refractivity contribution in [2.45, 2.75) is 87.6 Å². The van der Waals surface area contributed by atoms with Gasteiger partial charge in [-0.05, 0) is 79.5 Å². The zero-order chi connectivity index (χ0) is 23.9. The summed E-state index contributed by atoms with van der Waals surface area (Å²) in [5, 5.41) is 0.797. The normalized spacial score (nSPS) is 26.1. The minimum atomic E-state index is 0.207. The van der Waals surface area contributed by atoms with E-state index in [1.165, 1.54) is 55.2 Å². The zero-order valence-corrected chi connectivity index (χ0v) is 21.4. The summed E-state index contributed by atoms with van der Waals surface area (Å²) in [7, 11) is 0. The van der Waals surface area contributed by atoms with Crippen LogP contribution in [0.2, 0.25) is 5.02 Å². The van der Waals surface area contributed by atoms with Gasteiger partial charge in [0.1, 0.15) is 13.2 Å². The van der Waals surface area contributed by atoms with Crippen molar-refractivity contribution in [3.63, 3.8) is 0 Å². The van der Waals surface area contributed by atoms with E-state index >= 15 is 0 Å². The van der Waals surface area contributed by atoms with Crippen molar-refractivity contribution in [3.05, 3.63) is 70.2 Å². The summed E-state index contributed by atoms with van der Waals surface area (Å²) in [6.45, 7) is 3.50. The van der Waals surface area contributed by atoms with E-state index in [2.05, 4.69) is 43.3 Å². The molecule has 2 unspecified atom stereocenters. The van der Waals surface area contributed by atoms with E-state index in [9.17, 15) is 0 Å². The lowest BCUT2D eigenvalue weighted by Crippen LogP contribution is -2.37. The van der Waals surface area contributed by atoms with Gasteiger partial charge in [0.25, 0.3) is 0 Å². The highest BCUT2D eigenvalue weighted by molar-refractivity contribution is 6.30. The number of benzene rings is 2. The smallest absolute Gasteiger partial charge is 0.193 e. The highest BCUT2D eigenvalue weighted by Crippen LogP contribution is 2.49. The molecule has 0 spiro atoms. The van der Waals surface area contributed by atoms with E-state index in [1.807, 2.05) is 12.1 Å². The fraction of sp³-hybridized carbons (Fsp3) is 0.533. The molecule has 2 saturated carbocycles. The van der Waals surface area contributed by atoms with E-state index in [1.54, 1.807) is 0 Å². The molecule has 2 aromatic rings. The summed E-state index contributed by atoms with van der Waals surface area (Å²) in [6.07, 6.45) is 10.2. The van der Waals surface area contributed by atoms with Crippen LogP contribution in [0.5, 0.6) is 0 Å². The Morgan fingerprint density at radius 1 is 0.743 bits per heavy atom. The number of hydrogen-bond donors (Lipinski definition) is 0. The van der Waals surface area contributed by atoms with E-state index in [4.69, 9.17) is 31.1 Å². The number of aryl methyl sites for hydroxylation is 1. The lowest BCUT2D eigenvalue weighted by Gasteiger charge is -2.43. The lowest BCUT2D eigenvalue weighted by molar-refractivity contribution is 0.192. The van der Waals surface area contributed by atoms with Crippen LogP contribution in [0.4, 0.5) is 0 Å². The largest absolute Gasteiger partial charge is 0.478 e. The molecule has 4 aliphatic rings. The molecule has 6 rings (SSSR count). The quantitative estimate of drug-likeness (QED) is 0.401. The molecule has 2 fully saturated rings. The van der Waals surface area contributed by atoms with Crippen molar-refractivity contribution in [2.24, 2.45) is 9.98 Å². The SMILES string of the molecule is Cc1ccc(C2(CC3COC(CC4=NC(CC5(c6ccc(Cl)cc6)CCC5)CO4)=N3)CCC2)cc1. The number of halogens is 1. The highest BCUT2D eigenvalue weighted by Gasteiger charge is 2.43. The predicted octanol–water partition coefficient (Wildman–Crippen LogP) is 6.96. The molecule has 5 heteroatoms. The first-order valence-electron chi connectivity index (χ1n) is 13.2. The van der Waals surface area contributed by atoms with Gasteiger partial charge in [0.15, 0.2) is 11.8 Å². The molecular formula is C30H35ClN2O2. The van der Waals surface area contributed by atoms with Crippen molar-refractivity contribution in [2.75, 3.05) is 13.2 Å². The summed E-state index contributed by atoms with van der Waals surface area (Å²) in [4.78, 5) is 9.92. The van der Waals surface area contributed by atoms with Gasteiger partial charge in [-0.15, -0.1) is 0 Å². The van der Waals surface area contributed by atoms with Crippen LogP contribution in [-0.2, 0) is 20.3 Å². The fourth-order valence-corrected chi connectivity index (χ4v) is 6.64. The van der Waals surface area contributed by atoms with Gasteiger partial charge >= 0.3 is 0 Å². The van der Waals surface area contributed by atoms with Gasteiger partial charge in [-0.25, -0.2) is 9.98 Å². The van der Waals surface area contributed by atoms with Gasteiger partial charge < -0.3 is 9.47 Å². The second-order valence-corrected chi connectivity index (χ2v) is 11.6. The Kier molecular flexibility index (Phi) is 6.12. The topological polar surface area (TPSA) is 43.2 Å². The van der Waals surface area contributed by atoms with Gasteiger partial charge in [0, 0.05) is 5.02 Å². The molecule has 4 nitrogen and oxygen atoms in total. The maximum Gasteiger partial charge on any atom is 0.193 e. The Morgan fingerprint density at radius 3 is 1.63 bits per heavy atom. The average molecular weight is 491 g/mol. The van der Waals surface area contributed by atoms with Gasteiger partial charge in [-0.3, -0.25) is 0 Å². The third kappa shape index (κ3) is 4.62. The molecule has 0 amide bonds. The van der Waals surface area contributed by atoms with Crippen LogP contribution < -0.4 is 0 Å². The van der Waals surface area contributed by atoms with Crippen LogP contribution in [-0.4, -0.2) is 37.1 Å². The van der Waals surface area contributed by atoms with Crippen molar-refractivity contribution in [1.29, 1.82) is 0 Å². The molecule has 35 heavy (non-hydrogen) atoms. The van der Waals surface area contributed by atoms with Crippen LogP contribution in [0.25, 0.3) is 0 Å². The predicted molar refractivity (Wildman–Crippen MR) is 142 cm³/mol. The minimum Gasteiger partial charge on any atom is -0.478 e. The lowest BCUT2D eigenvalue weighted by atomic mass is 9.61. The first-order chi connectivity index (χ1) is 17.0. The Bertz CT molecular complexity index is 1020. The Labute approximate surface area is 213 Å². The molecule has 0 bridgehead atoms. The van der Waals surface area contributed by atoms with Crippen molar-refractivity contribution >= 4 is 23.4 Å². The van der Waals surface area contributed by atoms with E-state index in [-0.39, 0.29) is 22.9 Å². The number of hydrogen-bond acceptors (Lipinski definition) is 4. The maximum absolute atomic E-state index is 6.12. The molecule has 2 heterocycles. The second kappa shape index (κ2) is 9.28. The first-order valence-corrected chi connectivity index (χ1v) is 13.6. The van der Waals surface area contributed by atoms with Crippen LogP contribution >= 0.6 is 11.6 Å². The van der Waals surface area contributed by atoms with E-state index < -0.39 is 0 Å². The number of nitrogens with zero attached hydrogens (tertiary/aromatic N) is 2. The van der Waals surface area contributed by atoms with E-state index in [0.717, 1.165) is 29.7 Å². The number of rotatable bonds is 8. The van der Waals surface area contributed by atoms with E-state index in [0.29, 0.717) is 19.6 Å². The summed E-state index contributed by atoms with van der Waals surface area (Å²) in [6, 6.07) is 17.9. The highest BCUT2D eigenvalue weighted by atomic mass is 35.5. The van der Waals surface area contributed by atoms with Gasteiger partial charge in [0.05, 0.1) is 18.5 Å². The molecule has 2 atom stereocenters. The third-order valence-electron chi connectivity index (χ3n) is 8.83. The fourth-order valence-electron chi connectivity index (χ4n) is 6.51. The molecule has 0 radical (unpaired) electrons. The summed E-state index contributed by atoms with van der Waals surface area (Å²) < 4.78 is 12.0. The molecule has 184 valence electrons. The molecule has 0 N–H and O–H groups in total. The standard InChI is InChI=1S/C30H35ClN2O2/c1-21-4-6-22(7-5-21)29(12-2-13-29)17-25-19-34-27(32-25)16-28-33-26(20-35-28)18-30(14-3-15-30)23-8-10-24(31)11-9-23/h4-11,25-26H,2-3,12-20H2,1H3. The average Bonchev–Trinajstić information content (AvgIpc) is 3.44. The van der Waals surface area contributed by atoms with Crippen molar-refractivity contribution in [3.8, 4) is 0 Å². The maximum atomic E-state index is 6.12. The van der Waals surface area contributed by atoms with Gasteiger partial charge in [-0.1, -0.05) is 66.4 Å². The molecule has 2 aromatic carbocycles. The first kappa shape index (κ1) is 23.1. The molecule has 0 saturated heterocycles. The Hall–Kier alpha value is -2.33. The second-order valence-electron chi connectivity index (χ2n) is 11.2. The van der Waals surface area contributed by atoms with Crippen LogP contribution in [0, 0.1) is 6.92 Å². The summed E-state index contributed by atoms with van der Waals surface area (Å²) in [5.74, 6) is 1.58. The number of aliphatic imine (C=N–C) groups is 2. The molecular weight excluding hydrogens is 456 g/mol. The van der Waals surface area contributed by atoms with Crippen LogP contribution in [0.1, 0.15) is 74.5 Å². The van der Waals surface area contributed by atoms with Gasteiger partial charge in [-0.2, -0.15) is 0 Å². The van der Waals surface area contributed by atoms with Crippen LogP contribution in [0.15, 0.2) is 58.5 Å². The Balaban J connectivity index is 1.08. The zero-order valence-electron chi connectivity index (χ0n) is 20.6.